The molecule has 2 unspecified atom stereocenters. The number of aryl methyl sites for hydroxylation is 1. The molecular weight excluding hydrogens is 467 g/mol. The molecule has 0 saturated heterocycles. The number of aliphatic hydroxyl groups is 1. The van der Waals surface area contributed by atoms with E-state index in [0.29, 0.717) is 0 Å². The molecule has 0 aliphatic carbocycles. The molecule has 2 atom stereocenters. The molecule has 0 fully saturated rings. The molecule has 1 rings (SSSR count). The third-order valence-corrected chi connectivity index (χ3v) is 4.76. The number of halogens is 13. The van der Waals surface area contributed by atoms with Crippen molar-refractivity contribution in [1.29, 1.82) is 0 Å². The Morgan fingerprint density at radius 2 is 1.13 bits per heavy atom. The lowest BCUT2D eigenvalue weighted by atomic mass is 9.82. The Morgan fingerprint density at radius 1 is 0.710 bits per heavy atom. The summed E-state index contributed by atoms with van der Waals surface area (Å²) in [4.78, 5) is 0. The fraction of sp³-hybridized carbons (Fsp3) is 0.647. The first kappa shape index (κ1) is 27.3. The third kappa shape index (κ3) is 3.95. The van der Waals surface area contributed by atoms with Crippen molar-refractivity contribution in [2.75, 3.05) is 0 Å². The van der Waals surface area contributed by atoms with Gasteiger partial charge >= 0.3 is 35.8 Å². The topological polar surface area (TPSA) is 20.2 Å². The summed E-state index contributed by atoms with van der Waals surface area (Å²) in [7, 11) is 0. The summed E-state index contributed by atoms with van der Waals surface area (Å²) in [6, 6.07) is 4.63. The molecule has 31 heavy (non-hydrogen) atoms. The second-order valence-corrected chi connectivity index (χ2v) is 6.70. The summed E-state index contributed by atoms with van der Waals surface area (Å²) in [5.74, 6) is -40.7. The molecule has 0 aromatic heterocycles. The molecule has 0 bridgehead atoms. The zero-order chi connectivity index (χ0) is 24.8. The van der Waals surface area contributed by atoms with Gasteiger partial charge in [0.15, 0.2) is 0 Å². The van der Waals surface area contributed by atoms with Crippen LogP contribution in [0.2, 0.25) is 0 Å². The van der Waals surface area contributed by atoms with Crippen molar-refractivity contribution in [2.45, 2.75) is 62.2 Å². The van der Waals surface area contributed by atoms with Crippen LogP contribution >= 0.6 is 0 Å². The Bertz CT molecular complexity index is 770. The van der Waals surface area contributed by atoms with Gasteiger partial charge < -0.3 is 5.11 Å². The maximum absolute atomic E-state index is 14.2. The van der Waals surface area contributed by atoms with Gasteiger partial charge in [0, 0.05) is 0 Å². The molecule has 0 aliphatic heterocycles. The van der Waals surface area contributed by atoms with Gasteiger partial charge in [-0.1, -0.05) is 38.1 Å². The summed E-state index contributed by atoms with van der Waals surface area (Å²) < 4.78 is 172. The van der Waals surface area contributed by atoms with Gasteiger partial charge in [-0.25, -0.2) is 0 Å². The molecule has 1 aromatic carbocycles. The van der Waals surface area contributed by atoms with E-state index in [4.69, 9.17) is 0 Å². The van der Waals surface area contributed by atoms with Crippen molar-refractivity contribution in [1.82, 2.24) is 0 Å². The molecule has 0 radical (unpaired) electrons. The largest absolute Gasteiger partial charge is 0.460 e. The van der Waals surface area contributed by atoms with E-state index in [0.717, 1.165) is 12.1 Å². The minimum absolute atomic E-state index is 0.0218. The first-order valence-electron chi connectivity index (χ1n) is 8.34. The number of hydrogen-bond acceptors (Lipinski definition) is 1. The molecule has 0 spiro atoms. The highest BCUT2D eigenvalue weighted by Crippen LogP contribution is 2.62. The van der Waals surface area contributed by atoms with Crippen LogP contribution in [0.5, 0.6) is 0 Å². The lowest BCUT2D eigenvalue weighted by Crippen LogP contribution is -2.71. The Labute approximate surface area is 166 Å². The molecule has 180 valence electrons. The van der Waals surface area contributed by atoms with Gasteiger partial charge in [-0.15, -0.1) is 0 Å². The van der Waals surface area contributed by atoms with Gasteiger partial charge in [0.2, 0.25) is 0 Å². The number of hydrogen-bond donors (Lipinski definition) is 1. The van der Waals surface area contributed by atoms with E-state index in [1.165, 1.54) is 19.1 Å². The molecule has 0 aliphatic rings. The summed E-state index contributed by atoms with van der Waals surface area (Å²) in [6.45, 7) is 1.46. The number of aliphatic hydroxyl groups excluding tert-OH is 1. The van der Waals surface area contributed by atoms with Gasteiger partial charge in [0.25, 0.3) is 0 Å². The fourth-order valence-electron chi connectivity index (χ4n) is 2.68. The van der Waals surface area contributed by atoms with Crippen LogP contribution < -0.4 is 0 Å². The average Bonchev–Trinajstić information content (AvgIpc) is 2.65. The predicted octanol–water partition coefficient (Wildman–Crippen LogP) is 6.66. The Morgan fingerprint density at radius 3 is 1.55 bits per heavy atom. The summed E-state index contributed by atoms with van der Waals surface area (Å²) in [5, 5.41) is 9.98. The van der Waals surface area contributed by atoms with Crippen molar-refractivity contribution in [3.8, 4) is 0 Å². The minimum atomic E-state index is -7.96. The van der Waals surface area contributed by atoms with Gasteiger partial charge in [0.1, 0.15) is 0 Å². The summed E-state index contributed by atoms with van der Waals surface area (Å²) >= 11 is 0. The van der Waals surface area contributed by atoms with E-state index in [1.54, 1.807) is 0 Å². The second kappa shape index (κ2) is 8.00. The van der Waals surface area contributed by atoms with Crippen LogP contribution in [-0.4, -0.2) is 40.9 Å². The Kier molecular flexibility index (Phi) is 7.04. The van der Waals surface area contributed by atoms with E-state index in [-0.39, 0.29) is 18.9 Å². The van der Waals surface area contributed by atoms with Crippen LogP contribution in [0.1, 0.15) is 31.1 Å². The molecule has 0 saturated carbocycles. The Balaban J connectivity index is 3.51. The van der Waals surface area contributed by atoms with Gasteiger partial charge in [-0.2, -0.15) is 57.1 Å². The minimum Gasteiger partial charge on any atom is -0.388 e. The number of rotatable bonds is 8. The molecule has 1 nitrogen and oxygen atoms in total. The summed E-state index contributed by atoms with van der Waals surface area (Å²) in [6.07, 6.45) is -10.1. The number of benzene rings is 1. The van der Waals surface area contributed by atoms with Crippen molar-refractivity contribution in [2.24, 2.45) is 5.92 Å². The van der Waals surface area contributed by atoms with E-state index in [2.05, 4.69) is 0 Å². The standard InChI is InChI=1S/C17H15F13O/c1-3-9-6-4-5-7-10(9)11(31)8(2)12(18,19)13(20,21)14(22,23)15(24,25)16(26,27)17(28,29)30/h4-8,11,31H,3H2,1-2H3. The lowest BCUT2D eigenvalue weighted by Gasteiger charge is -2.42. The van der Waals surface area contributed by atoms with Crippen LogP contribution in [0.3, 0.4) is 0 Å². The van der Waals surface area contributed by atoms with E-state index >= 15 is 0 Å². The maximum Gasteiger partial charge on any atom is 0.460 e. The lowest BCUT2D eigenvalue weighted by molar-refractivity contribution is -0.444. The predicted molar refractivity (Wildman–Crippen MR) is 80.7 cm³/mol. The van der Waals surface area contributed by atoms with E-state index < -0.39 is 53.4 Å². The molecule has 0 amide bonds. The van der Waals surface area contributed by atoms with E-state index in [9.17, 15) is 62.2 Å². The second-order valence-electron chi connectivity index (χ2n) is 6.70. The van der Waals surface area contributed by atoms with Crippen LogP contribution in [0, 0.1) is 5.92 Å². The molecule has 0 heterocycles. The normalized spacial score (nSPS) is 16.9. The highest BCUT2D eigenvalue weighted by molar-refractivity contribution is 5.30. The summed E-state index contributed by atoms with van der Waals surface area (Å²) in [5.41, 5.74) is -0.412. The highest BCUT2D eigenvalue weighted by Gasteiger charge is 2.91. The van der Waals surface area contributed by atoms with Gasteiger partial charge in [-0.05, 0) is 17.5 Å². The number of alkyl halides is 13. The first-order chi connectivity index (χ1) is 13.6. The van der Waals surface area contributed by atoms with Crippen LogP contribution in [0.4, 0.5) is 57.1 Å². The van der Waals surface area contributed by atoms with Crippen LogP contribution in [-0.2, 0) is 6.42 Å². The molecule has 1 N–H and O–H groups in total. The molecular formula is C17H15F13O. The van der Waals surface area contributed by atoms with Gasteiger partial charge in [0.05, 0.1) is 12.0 Å². The van der Waals surface area contributed by atoms with E-state index in [1.807, 2.05) is 0 Å². The first-order valence-corrected chi connectivity index (χ1v) is 8.34. The van der Waals surface area contributed by atoms with Crippen molar-refractivity contribution < 1.29 is 62.2 Å². The highest BCUT2D eigenvalue weighted by atomic mass is 19.4. The SMILES string of the molecule is CCc1ccccc1C(O)C(C)C(F)(F)C(F)(F)C(F)(F)C(F)(F)C(F)(F)C(F)(F)F. The van der Waals surface area contributed by atoms with Crippen LogP contribution in [0.15, 0.2) is 24.3 Å². The Hall–Kier alpha value is -1.73. The monoisotopic (exact) mass is 482 g/mol. The van der Waals surface area contributed by atoms with Gasteiger partial charge in [-0.3, -0.25) is 0 Å². The van der Waals surface area contributed by atoms with Crippen molar-refractivity contribution in [3.63, 3.8) is 0 Å². The average molecular weight is 482 g/mol. The van der Waals surface area contributed by atoms with Crippen molar-refractivity contribution in [3.05, 3.63) is 35.4 Å². The fourth-order valence-corrected chi connectivity index (χ4v) is 2.68. The zero-order valence-corrected chi connectivity index (χ0v) is 15.5. The smallest absolute Gasteiger partial charge is 0.388 e. The third-order valence-electron chi connectivity index (χ3n) is 4.76. The zero-order valence-electron chi connectivity index (χ0n) is 15.5. The maximum atomic E-state index is 14.2. The molecule has 1 aromatic rings. The quantitative estimate of drug-likeness (QED) is 0.411. The van der Waals surface area contributed by atoms with Crippen molar-refractivity contribution >= 4 is 0 Å². The molecule has 14 heteroatoms. The van der Waals surface area contributed by atoms with Crippen LogP contribution in [0.25, 0.3) is 0 Å².